The van der Waals surface area contributed by atoms with Crippen LogP contribution in [0.25, 0.3) is 5.65 Å². The van der Waals surface area contributed by atoms with E-state index in [0.717, 1.165) is 40.4 Å². The molecule has 0 unspecified atom stereocenters. The van der Waals surface area contributed by atoms with Crippen LogP contribution in [0.3, 0.4) is 0 Å². The third-order valence-electron chi connectivity index (χ3n) is 4.37. The number of fused-ring (bicyclic) bond motifs is 1. The molecule has 8 nitrogen and oxygen atoms in total. The van der Waals surface area contributed by atoms with E-state index in [-0.39, 0.29) is 6.10 Å². The molecular formula is C20H28BrN6O2+. The molecule has 4 heterocycles. The van der Waals surface area contributed by atoms with Crippen molar-refractivity contribution >= 4 is 33.2 Å². The van der Waals surface area contributed by atoms with E-state index in [9.17, 15) is 0 Å². The Kier molecular flexibility index (Phi) is 7.27. The summed E-state index contributed by atoms with van der Waals surface area (Å²) in [5.74, 6) is 1.92. The summed E-state index contributed by atoms with van der Waals surface area (Å²) in [5, 5.41) is 16.0. The number of nitrogens with zero attached hydrogens (tertiary/aromatic N) is 5. The summed E-state index contributed by atoms with van der Waals surface area (Å²) in [4.78, 5) is 12.3. The minimum absolute atomic E-state index is 0.167. The van der Waals surface area contributed by atoms with Gasteiger partial charge in [-0.15, -0.1) is 0 Å². The summed E-state index contributed by atoms with van der Waals surface area (Å²) in [6.45, 7) is 6.22. The third-order valence-corrected chi connectivity index (χ3v) is 4.93. The molecule has 0 atom stereocenters. The van der Waals surface area contributed by atoms with Crippen molar-refractivity contribution in [3.05, 3.63) is 46.8 Å². The van der Waals surface area contributed by atoms with E-state index < -0.39 is 0 Å². The van der Waals surface area contributed by atoms with Crippen LogP contribution in [0.15, 0.2) is 41.3 Å². The summed E-state index contributed by atoms with van der Waals surface area (Å²) in [6, 6.07) is 6.09. The van der Waals surface area contributed by atoms with Crippen LogP contribution in [0.2, 0.25) is 0 Å². The Morgan fingerprint density at radius 2 is 2.07 bits per heavy atom. The lowest BCUT2D eigenvalue weighted by Gasteiger charge is -2.18. The number of hydrogen-bond donors (Lipinski definition) is 2. The average molecular weight is 464 g/mol. The Labute approximate surface area is 179 Å². The largest absolute Gasteiger partial charge is 0.394 e. The number of aromatic nitrogens is 4. The molecule has 0 aliphatic carbocycles. The smallest absolute Gasteiger partial charge is 0.227 e. The number of anilines is 2. The monoisotopic (exact) mass is 463 g/mol. The van der Waals surface area contributed by atoms with Crippen molar-refractivity contribution in [1.29, 1.82) is 0 Å². The molecule has 29 heavy (non-hydrogen) atoms. The van der Waals surface area contributed by atoms with Gasteiger partial charge in [0.25, 0.3) is 0 Å². The predicted molar refractivity (Wildman–Crippen MR) is 116 cm³/mol. The second kappa shape index (κ2) is 9.89. The van der Waals surface area contributed by atoms with Crippen LogP contribution in [0.4, 0.5) is 11.6 Å². The van der Waals surface area contributed by atoms with Crippen LogP contribution in [-0.2, 0) is 6.54 Å². The number of nitrogens with one attached hydrogen (secondary N) is 1. The van der Waals surface area contributed by atoms with Gasteiger partial charge in [0.2, 0.25) is 12.4 Å². The lowest BCUT2D eigenvalue weighted by atomic mass is 10.3. The van der Waals surface area contributed by atoms with Gasteiger partial charge in [0.15, 0.2) is 5.65 Å². The topological polar surface area (TPSA) is 78.8 Å². The van der Waals surface area contributed by atoms with E-state index in [2.05, 4.69) is 43.4 Å². The molecule has 0 bridgehead atoms. The van der Waals surface area contributed by atoms with E-state index in [1.165, 1.54) is 12.8 Å². The molecule has 0 amide bonds. The maximum Gasteiger partial charge on any atom is 0.227 e. The van der Waals surface area contributed by atoms with Gasteiger partial charge in [-0.05, 0) is 48.7 Å². The van der Waals surface area contributed by atoms with Gasteiger partial charge in [-0.3, -0.25) is 4.84 Å². The second-order valence-corrected chi connectivity index (χ2v) is 7.98. The number of aliphatic hydroxyl groups is 1. The number of rotatable bonds is 5. The van der Waals surface area contributed by atoms with Crippen LogP contribution in [0, 0.1) is 0 Å². The highest BCUT2D eigenvalue weighted by Gasteiger charge is 2.17. The SMILES string of the molecule is CC(C)O.CO[n+]1cccc(CNc2cc(N3CCCC3)nc3c(Br)cnn23)c1. The van der Waals surface area contributed by atoms with Crippen LogP contribution >= 0.6 is 15.9 Å². The molecule has 0 aromatic carbocycles. The van der Waals surface area contributed by atoms with Crippen LogP contribution < -0.4 is 19.8 Å². The number of aliphatic hydroxyl groups excluding tert-OH is 1. The first-order chi connectivity index (χ1) is 14.0. The lowest BCUT2D eigenvalue weighted by Crippen LogP contribution is -2.40. The average Bonchev–Trinajstić information content (AvgIpc) is 3.36. The van der Waals surface area contributed by atoms with Crippen molar-refractivity contribution < 1.29 is 14.7 Å². The van der Waals surface area contributed by atoms with Crippen LogP contribution in [0.5, 0.6) is 0 Å². The zero-order chi connectivity index (χ0) is 20.8. The van der Waals surface area contributed by atoms with Gasteiger partial charge >= 0.3 is 0 Å². The quantitative estimate of drug-likeness (QED) is 0.565. The summed E-state index contributed by atoms with van der Waals surface area (Å²) in [6.07, 6.45) is 7.87. The minimum Gasteiger partial charge on any atom is -0.394 e. The zero-order valence-corrected chi connectivity index (χ0v) is 18.6. The fraction of sp³-hybridized carbons (Fsp3) is 0.450. The van der Waals surface area contributed by atoms with Crippen molar-refractivity contribution in [2.45, 2.75) is 39.3 Å². The van der Waals surface area contributed by atoms with Gasteiger partial charge in [0, 0.05) is 48.2 Å². The van der Waals surface area contributed by atoms with Gasteiger partial charge in [-0.2, -0.15) is 9.61 Å². The molecule has 1 saturated heterocycles. The lowest BCUT2D eigenvalue weighted by molar-refractivity contribution is -0.885. The first-order valence-corrected chi connectivity index (χ1v) is 10.5. The number of pyridine rings is 1. The minimum atomic E-state index is -0.167. The third kappa shape index (κ3) is 5.57. The maximum absolute atomic E-state index is 8.06. The van der Waals surface area contributed by atoms with Crippen molar-refractivity contribution in [2.75, 3.05) is 30.4 Å². The summed E-state index contributed by atoms with van der Waals surface area (Å²) >= 11 is 3.55. The normalized spacial score (nSPS) is 13.5. The van der Waals surface area contributed by atoms with E-state index >= 15 is 0 Å². The standard InChI is InChI=1S/C17H20BrN6O.C3H8O/c1-25-23-8-4-5-13(12-23)10-19-15-9-16(22-6-2-3-7-22)21-17-14(18)11-20-24(15)17;1-3(2)4/h4-5,8-9,11-12,19H,2-3,6-7,10H2,1H3;3-4H,1-2H3/q+1;. The zero-order valence-electron chi connectivity index (χ0n) is 17.0. The van der Waals surface area contributed by atoms with Crippen LogP contribution in [-0.4, -0.2) is 46.0 Å². The van der Waals surface area contributed by atoms with Crippen molar-refractivity contribution in [2.24, 2.45) is 0 Å². The summed E-state index contributed by atoms with van der Waals surface area (Å²) in [5.41, 5.74) is 1.94. The highest BCUT2D eigenvalue weighted by atomic mass is 79.9. The van der Waals surface area contributed by atoms with E-state index in [1.54, 1.807) is 31.9 Å². The molecule has 2 N–H and O–H groups in total. The molecule has 3 aromatic rings. The molecule has 3 aromatic heterocycles. The first kappa shape index (κ1) is 21.3. The van der Waals surface area contributed by atoms with Crippen molar-refractivity contribution in [1.82, 2.24) is 14.6 Å². The Hall–Kier alpha value is -2.39. The molecule has 0 radical (unpaired) electrons. The van der Waals surface area contributed by atoms with Gasteiger partial charge in [-0.25, -0.2) is 4.98 Å². The van der Waals surface area contributed by atoms with Crippen molar-refractivity contribution in [3.63, 3.8) is 0 Å². The molecule has 4 rings (SSSR count). The molecule has 0 saturated carbocycles. The molecule has 1 fully saturated rings. The van der Waals surface area contributed by atoms with Crippen LogP contribution in [0.1, 0.15) is 32.3 Å². The second-order valence-electron chi connectivity index (χ2n) is 7.12. The fourth-order valence-electron chi connectivity index (χ4n) is 3.07. The highest BCUT2D eigenvalue weighted by Crippen LogP contribution is 2.26. The predicted octanol–water partition coefficient (Wildman–Crippen LogP) is 2.44. The Bertz CT molecular complexity index is 937. The molecule has 1 aliphatic heterocycles. The molecule has 156 valence electrons. The van der Waals surface area contributed by atoms with E-state index in [0.29, 0.717) is 6.54 Å². The number of halogens is 1. The van der Waals surface area contributed by atoms with E-state index in [1.807, 2.05) is 23.0 Å². The van der Waals surface area contributed by atoms with Gasteiger partial charge < -0.3 is 15.3 Å². The van der Waals surface area contributed by atoms with E-state index in [4.69, 9.17) is 14.9 Å². The summed E-state index contributed by atoms with van der Waals surface area (Å²) < 4.78 is 4.41. The molecular weight excluding hydrogens is 436 g/mol. The highest BCUT2D eigenvalue weighted by molar-refractivity contribution is 9.10. The van der Waals surface area contributed by atoms with Crippen molar-refractivity contribution in [3.8, 4) is 0 Å². The Morgan fingerprint density at radius 3 is 2.76 bits per heavy atom. The molecule has 1 aliphatic rings. The molecule has 0 spiro atoms. The molecule has 9 heteroatoms. The Balaban J connectivity index is 0.000000552. The fourth-order valence-corrected chi connectivity index (χ4v) is 3.42. The summed E-state index contributed by atoms with van der Waals surface area (Å²) in [7, 11) is 1.65. The number of hydrogen-bond acceptors (Lipinski definition) is 6. The van der Waals surface area contributed by atoms with Gasteiger partial charge in [0.1, 0.15) is 18.7 Å². The maximum atomic E-state index is 8.06. The first-order valence-electron chi connectivity index (χ1n) is 9.73. The van der Waals surface area contributed by atoms with Gasteiger partial charge in [0.05, 0.1) is 10.7 Å². The Morgan fingerprint density at radius 1 is 1.34 bits per heavy atom. The van der Waals surface area contributed by atoms with Gasteiger partial charge in [-0.1, -0.05) is 0 Å².